The molecule has 0 N–H and O–H groups in total. The molecule has 0 heterocycles. The van der Waals surface area contributed by atoms with Crippen LogP contribution in [0.25, 0.3) is 0 Å². The molecule has 0 nitrogen and oxygen atoms in total. The molecule has 0 saturated carbocycles. The fourth-order valence-electron chi connectivity index (χ4n) is 1.21. The molecule has 0 amide bonds. The summed E-state index contributed by atoms with van der Waals surface area (Å²) in [6, 6.07) is 0. The maximum atomic E-state index is 13.1. The fourth-order valence-corrected chi connectivity index (χ4v) is 1.21. The van der Waals surface area contributed by atoms with Crippen LogP contribution in [0.15, 0.2) is 0 Å². The zero-order valence-electron chi connectivity index (χ0n) is 8.31. The standard InChI is InChI=1S/C7H5F11/c1-4(10,5(11,12)3(8)9)2(6(13,14)15)7(16,17)18/h2-3H,1H3. The lowest BCUT2D eigenvalue weighted by molar-refractivity contribution is -0.352. The number of alkyl halides is 11. The Morgan fingerprint density at radius 1 is 0.667 bits per heavy atom. The van der Waals surface area contributed by atoms with Crippen molar-refractivity contribution in [1.82, 2.24) is 0 Å². The molecule has 110 valence electrons. The maximum absolute atomic E-state index is 13.1. The SMILES string of the molecule is CC(F)(C(C(F)(F)F)C(F)(F)F)C(F)(F)C(F)F. The van der Waals surface area contributed by atoms with Crippen LogP contribution in [0, 0.1) is 5.92 Å². The molecular formula is C7H5F11. The van der Waals surface area contributed by atoms with Gasteiger partial charge in [-0.25, -0.2) is 13.2 Å². The van der Waals surface area contributed by atoms with E-state index >= 15 is 0 Å². The summed E-state index contributed by atoms with van der Waals surface area (Å²) in [7, 11) is 0. The molecule has 0 aromatic heterocycles. The van der Waals surface area contributed by atoms with Gasteiger partial charge in [-0.1, -0.05) is 0 Å². The van der Waals surface area contributed by atoms with E-state index in [1.165, 1.54) is 0 Å². The molecule has 18 heavy (non-hydrogen) atoms. The molecule has 1 atom stereocenters. The van der Waals surface area contributed by atoms with Gasteiger partial charge in [0, 0.05) is 0 Å². The topological polar surface area (TPSA) is 0 Å². The summed E-state index contributed by atoms with van der Waals surface area (Å²) >= 11 is 0. The van der Waals surface area contributed by atoms with Gasteiger partial charge in [-0.3, -0.25) is 0 Å². The highest BCUT2D eigenvalue weighted by atomic mass is 19.4. The highest BCUT2D eigenvalue weighted by Crippen LogP contribution is 2.54. The fraction of sp³-hybridized carbons (Fsp3) is 1.00. The van der Waals surface area contributed by atoms with Gasteiger partial charge >= 0.3 is 24.7 Å². The van der Waals surface area contributed by atoms with Crippen LogP contribution in [0.1, 0.15) is 6.92 Å². The van der Waals surface area contributed by atoms with Crippen molar-refractivity contribution in [3.05, 3.63) is 0 Å². The van der Waals surface area contributed by atoms with E-state index in [1.54, 1.807) is 0 Å². The van der Waals surface area contributed by atoms with Crippen molar-refractivity contribution in [2.24, 2.45) is 5.92 Å². The zero-order chi connectivity index (χ0) is 15.2. The van der Waals surface area contributed by atoms with Crippen molar-refractivity contribution in [3.8, 4) is 0 Å². The smallest absolute Gasteiger partial charge is 0.236 e. The first-order valence-corrected chi connectivity index (χ1v) is 4.04. The maximum Gasteiger partial charge on any atom is 0.403 e. The molecule has 11 heteroatoms. The van der Waals surface area contributed by atoms with E-state index in [4.69, 9.17) is 0 Å². The van der Waals surface area contributed by atoms with E-state index in [0.717, 1.165) is 0 Å². The largest absolute Gasteiger partial charge is 0.403 e. The molecule has 0 aromatic rings. The molecule has 0 rings (SSSR count). The van der Waals surface area contributed by atoms with Crippen LogP contribution in [0.5, 0.6) is 0 Å². The van der Waals surface area contributed by atoms with Gasteiger partial charge < -0.3 is 0 Å². The quantitative estimate of drug-likeness (QED) is 0.679. The molecule has 0 radical (unpaired) electrons. The summed E-state index contributed by atoms with van der Waals surface area (Å²) in [5.74, 6) is -11.3. The van der Waals surface area contributed by atoms with Crippen molar-refractivity contribution >= 4 is 0 Å². The Bertz CT molecular complexity index is 269. The molecule has 0 aliphatic heterocycles. The normalized spacial score (nSPS) is 18.3. The first-order valence-electron chi connectivity index (χ1n) is 4.04. The van der Waals surface area contributed by atoms with Crippen molar-refractivity contribution in [1.29, 1.82) is 0 Å². The van der Waals surface area contributed by atoms with E-state index in [-0.39, 0.29) is 0 Å². The third-order valence-corrected chi connectivity index (χ3v) is 2.12. The number of hydrogen-bond donors (Lipinski definition) is 0. The molecule has 0 saturated heterocycles. The summed E-state index contributed by atoms with van der Waals surface area (Å²) < 4.78 is 133. The number of hydrogen-bond acceptors (Lipinski definition) is 0. The third kappa shape index (κ3) is 2.97. The summed E-state index contributed by atoms with van der Waals surface area (Å²) in [6.07, 6.45) is -18.0. The second kappa shape index (κ2) is 4.41. The third-order valence-electron chi connectivity index (χ3n) is 2.12. The lowest BCUT2D eigenvalue weighted by atomic mass is 9.84. The zero-order valence-corrected chi connectivity index (χ0v) is 8.31. The van der Waals surface area contributed by atoms with E-state index in [0.29, 0.717) is 0 Å². The summed E-state index contributed by atoms with van der Waals surface area (Å²) in [4.78, 5) is 0. The lowest BCUT2D eigenvalue weighted by Crippen LogP contribution is -2.60. The molecule has 0 aliphatic carbocycles. The molecule has 0 fully saturated rings. The molecule has 0 aromatic carbocycles. The van der Waals surface area contributed by atoms with Crippen molar-refractivity contribution in [2.75, 3.05) is 0 Å². The van der Waals surface area contributed by atoms with Crippen LogP contribution in [0.3, 0.4) is 0 Å². The van der Waals surface area contributed by atoms with Gasteiger partial charge in [0.2, 0.25) is 0 Å². The first kappa shape index (κ1) is 17.2. The van der Waals surface area contributed by atoms with Gasteiger partial charge in [0.1, 0.15) is 0 Å². The van der Waals surface area contributed by atoms with Gasteiger partial charge in [-0.15, -0.1) is 0 Å². The Hall–Kier alpha value is -0.770. The average molecular weight is 298 g/mol. The van der Waals surface area contributed by atoms with Crippen LogP contribution in [0.4, 0.5) is 48.3 Å². The number of rotatable bonds is 3. The molecule has 0 aliphatic rings. The minimum atomic E-state index is -6.49. The average Bonchev–Trinajstić information content (AvgIpc) is 1.95. The Labute approximate surface area is 92.7 Å². The van der Waals surface area contributed by atoms with Gasteiger partial charge in [-0.05, 0) is 6.92 Å². The Kier molecular flexibility index (Phi) is 4.22. The summed E-state index contributed by atoms with van der Waals surface area (Å²) in [5, 5.41) is 0. The van der Waals surface area contributed by atoms with Gasteiger partial charge in [0.25, 0.3) is 0 Å². The van der Waals surface area contributed by atoms with E-state index < -0.39 is 43.2 Å². The Balaban J connectivity index is 5.79. The van der Waals surface area contributed by atoms with Crippen molar-refractivity contribution in [3.63, 3.8) is 0 Å². The molecule has 0 spiro atoms. The van der Waals surface area contributed by atoms with Crippen LogP contribution >= 0.6 is 0 Å². The summed E-state index contributed by atoms with van der Waals surface area (Å²) in [6.45, 7) is -0.856. The van der Waals surface area contributed by atoms with Crippen LogP contribution in [-0.4, -0.2) is 30.4 Å². The minimum absolute atomic E-state index is 0.856. The lowest BCUT2D eigenvalue weighted by Gasteiger charge is -2.37. The molecular weight excluding hydrogens is 293 g/mol. The predicted octanol–water partition coefficient (Wildman–Crippen LogP) is 4.36. The van der Waals surface area contributed by atoms with Gasteiger partial charge in [0.05, 0.1) is 0 Å². The van der Waals surface area contributed by atoms with Crippen LogP contribution < -0.4 is 0 Å². The van der Waals surface area contributed by atoms with Crippen LogP contribution in [-0.2, 0) is 0 Å². The van der Waals surface area contributed by atoms with Crippen LogP contribution in [0.2, 0.25) is 0 Å². The highest BCUT2D eigenvalue weighted by Gasteiger charge is 2.75. The molecule has 1 unspecified atom stereocenters. The molecule has 0 bridgehead atoms. The Morgan fingerprint density at radius 2 is 0.944 bits per heavy atom. The van der Waals surface area contributed by atoms with Crippen molar-refractivity contribution < 1.29 is 48.3 Å². The van der Waals surface area contributed by atoms with Gasteiger partial charge in [-0.2, -0.15) is 35.1 Å². The van der Waals surface area contributed by atoms with E-state index in [9.17, 15) is 48.3 Å². The minimum Gasteiger partial charge on any atom is -0.236 e. The number of halogens is 11. The first-order chi connectivity index (χ1) is 7.56. The van der Waals surface area contributed by atoms with E-state index in [1.807, 2.05) is 0 Å². The monoisotopic (exact) mass is 298 g/mol. The second-order valence-electron chi connectivity index (χ2n) is 3.52. The van der Waals surface area contributed by atoms with E-state index in [2.05, 4.69) is 0 Å². The predicted molar refractivity (Wildman–Crippen MR) is 36.1 cm³/mol. The highest BCUT2D eigenvalue weighted by molar-refractivity contribution is 5.02. The van der Waals surface area contributed by atoms with Gasteiger partial charge in [0.15, 0.2) is 11.6 Å². The summed E-state index contributed by atoms with van der Waals surface area (Å²) in [5.41, 5.74) is -5.53. The van der Waals surface area contributed by atoms with Crippen molar-refractivity contribution in [2.45, 2.75) is 37.3 Å². The second-order valence-corrected chi connectivity index (χ2v) is 3.52. The Morgan fingerprint density at radius 3 is 1.11 bits per heavy atom.